The second-order valence-corrected chi connectivity index (χ2v) is 8.24. The van der Waals surface area contributed by atoms with E-state index in [1.807, 2.05) is 0 Å². The largest absolute Gasteiger partial charge is 0.493 e. The van der Waals surface area contributed by atoms with Gasteiger partial charge in [-0.1, -0.05) is 12.1 Å². The smallest absolute Gasteiger partial charge is 0.248 e. The number of hydrogen-bond acceptors (Lipinski definition) is 5. The number of ether oxygens (including phenoxy) is 2. The van der Waals surface area contributed by atoms with Crippen molar-refractivity contribution in [2.75, 3.05) is 36.1 Å². The molecule has 0 saturated carbocycles. The van der Waals surface area contributed by atoms with Crippen LogP contribution >= 0.6 is 0 Å². The Hall–Kier alpha value is -3.00. The molecule has 7 nitrogen and oxygen atoms in total. The van der Waals surface area contributed by atoms with E-state index in [9.17, 15) is 13.2 Å². The van der Waals surface area contributed by atoms with Crippen LogP contribution in [0.15, 0.2) is 48.5 Å². The molecule has 1 amide bonds. The summed E-state index contributed by atoms with van der Waals surface area (Å²) in [5.41, 5.74) is 2.02. The minimum atomic E-state index is -3.19. The first kappa shape index (κ1) is 19.8. The van der Waals surface area contributed by atoms with Crippen LogP contribution in [0.2, 0.25) is 0 Å². The molecule has 1 fully saturated rings. The number of benzene rings is 2. The Morgan fingerprint density at radius 2 is 1.79 bits per heavy atom. The van der Waals surface area contributed by atoms with Crippen molar-refractivity contribution in [2.24, 2.45) is 0 Å². The topological polar surface area (TPSA) is 84.9 Å². The number of rotatable bonds is 6. The van der Waals surface area contributed by atoms with Crippen LogP contribution in [0.1, 0.15) is 12.0 Å². The minimum Gasteiger partial charge on any atom is -0.493 e. The molecule has 2 aromatic carbocycles. The van der Waals surface area contributed by atoms with Gasteiger partial charge in [0.1, 0.15) is 0 Å². The molecule has 0 bridgehead atoms. The van der Waals surface area contributed by atoms with Gasteiger partial charge in [-0.2, -0.15) is 0 Å². The third-order valence-electron chi connectivity index (χ3n) is 4.36. The molecular formula is C20H22N2O5S. The average molecular weight is 402 g/mol. The third kappa shape index (κ3) is 4.45. The molecule has 0 aliphatic carbocycles. The van der Waals surface area contributed by atoms with Gasteiger partial charge in [0.2, 0.25) is 15.9 Å². The summed E-state index contributed by atoms with van der Waals surface area (Å²) < 4.78 is 35.7. The lowest BCUT2D eigenvalue weighted by Gasteiger charge is -2.16. The Balaban J connectivity index is 1.64. The monoisotopic (exact) mass is 402 g/mol. The van der Waals surface area contributed by atoms with E-state index in [-0.39, 0.29) is 11.7 Å². The number of carbonyl (C=O) groups is 1. The first-order valence-electron chi connectivity index (χ1n) is 8.74. The third-order valence-corrected chi connectivity index (χ3v) is 6.23. The van der Waals surface area contributed by atoms with Gasteiger partial charge < -0.3 is 14.8 Å². The molecule has 8 heteroatoms. The van der Waals surface area contributed by atoms with Gasteiger partial charge in [-0.3, -0.25) is 9.10 Å². The van der Waals surface area contributed by atoms with Crippen LogP contribution in [-0.4, -0.2) is 40.8 Å². The fourth-order valence-corrected chi connectivity index (χ4v) is 4.52. The van der Waals surface area contributed by atoms with Gasteiger partial charge in [-0.15, -0.1) is 0 Å². The summed E-state index contributed by atoms with van der Waals surface area (Å²) in [7, 11) is -0.119. The Morgan fingerprint density at radius 1 is 1.07 bits per heavy atom. The maximum absolute atomic E-state index is 12.1. The standard InChI is InChI=1S/C20H22N2O5S/c1-26-18-10-7-16(14-19(18)27-2)21-20(23)11-6-15-4-8-17(9-5-15)22-12-3-13-28(22,24)25/h4-11,14H,3,12-13H2,1-2H3,(H,21,23)/b11-6+. The van der Waals surface area contributed by atoms with Crippen molar-refractivity contribution in [3.05, 3.63) is 54.1 Å². The lowest BCUT2D eigenvalue weighted by molar-refractivity contribution is -0.111. The van der Waals surface area contributed by atoms with E-state index < -0.39 is 10.0 Å². The average Bonchev–Trinajstić information content (AvgIpc) is 3.05. The Labute approximate surface area is 164 Å². The molecule has 1 saturated heterocycles. The zero-order valence-corrected chi connectivity index (χ0v) is 16.5. The van der Waals surface area contributed by atoms with Gasteiger partial charge >= 0.3 is 0 Å². The summed E-state index contributed by atoms with van der Waals surface area (Å²) in [6, 6.07) is 12.2. The maximum atomic E-state index is 12.1. The maximum Gasteiger partial charge on any atom is 0.248 e. The molecule has 1 aliphatic rings. The summed E-state index contributed by atoms with van der Waals surface area (Å²) in [5.74, 6) is 0.997. The molecular weight excluding hydrogens is 380 g/mol. The number of methoxy groups -OCH3 is 2. The van der Waals surface area contributed by atoms with Gasteiger partial charge in [0.25, 0.3) is 0 Å². The lowest BCUT2D eigenvalue weighted by atomic mass is 10.2. The Bertz CT molecular complexity index is 984. The highest BCUT2D eigenvalue weighted by Gasteiger charge is 2.28. The van der Waals surface area contributed by atoms with Crippen molar-refractivity contribution in [1.29, 1.82) is 0 Å². The lowest BCUT2D eigenvalue weighted by Crippen LogP contribution is -2.24. The summed E-state index contributed by atoms with van der Waals surface area (Å²) >= 11 is 0. The zero-order chi connectivity index (χ0) is 20.1. The highest BCUT2D eigenvalue weighted by Crippen LogP contribution is 2.29. The Morgan fingerprint density at radius 3 is 2.39 bits per heavy atom. The van der Waals surface area contributed by atoms with Crippen LogP contribution in [0.5, 0.6) is 11.5 Å². The van der Waals surface area contributed by atoms with E-state index in [1.165, 1.54) is 17.5 Å². The van der Waals surface area contributed by atoms with Crippen molar-refractivity contribution in [3.8, 4) is 11.5 Å². The van der Waals surface area contributed by atoms with Crippen LogP contribution in [0.3, 0.4) is 0 Å². The molecule has 0 atom stereocenters. The van der Waals surface area contributed by atoms with E-state index in [2.05, 4.69) is 5.32 Å². The number of sulfonamides is 1. The fraction of sp³-hybridized carbons (Fsp3) is 0.250. The minimum absolute atomic E-state index is 0.185. The molecule has 2 aromatic rings. The summed E-state index contributed by atoms with van der Waals surface area (Å²) in [4.78, 5) is 12.1. The van der Waals surface area contributed by atoms with Crippen molar-refractivity contribution < 1.29 is 22.7 Å². The Kier molecular flexibility index (Phi) is 5.89. The summed E-state index contributed by atoms with van der Waals surface area (Å²) in [5, 5.41) is 2.76. The van der Waals surface area contributed by atoms with E-state index in [0.717, 1.165) is 5.56 Å². The molecule has 1 N–H and O–H groups in total. The molecule has 148 valence electrons. The molecule has 0 aromatic heterocycles. The number of carbonyl (C=O) groups excluding carboxylic acids is 1. The van der Waals surface area contributed by atoms with E-state index >= 15 is 0 Å². The van der Waals surface area contributed by atoms with Crippen LogP contribution in [0, 0.1) is 0 Å². The van der Waals surface area contributed by atoms with Gasteiger partial charge in [0.05, 0.1) is 25.7 Å². The van der Waals surface area contributed by atoms with Crippen LogP contribution in [-0.2, 0) is 14.8 Å². The summed E-state index contributed by atoms with van der Waals surface area (Å²) in [6.45, 7) is 0.505. The molecule has 28 heavy (non-hydrogen) atoms. The van der Waals surface area contributed by atoms with Crippen molar-refractivity contribution in [1.82, 2.24) is 0 Å². The zero-order valence-electron chi connectivity index (χ0n) is 15.7. The number of amides is 1. The van der Waals surface area contributed by atoms with E-state index in [0.29, 0.717) is 35.8 Å². The number of nitrogens with zero attached hydrogens (tertiary/aromatic N) is 1. The van der Waals surface area contributed by atoms with Crippen molar-refractivity contribution >= 4 is 33.4 Å². The van der Waals surface area contributed by atoms with Crippen LogP contribution in [0.4, 0.5) is 11.4 Å². The molecule has 0 radical (unpaired) electrons. The van der Waals surface area contributed by atoms with Gasteiger partial charge in [0, 0.05) is 24.4 Å². The van der Waals surface area contributed by atoms with Crippen molar-refractivity contribution in [3.63, 3.8) is 0 Å². The van der Waals surface area contributed by atoms with Crippen LogP contribution in [0.25, 0.3) is 6.08 Å². The van der Waals surface area contributed by atoms with E-state index in [1.54, 1.807) is 55.7 Å². The quantitative estimate of drug-likeness (QED) is 0.751. The molecule has 3 rings (SSSR count). The van der Waals surface area contributed by atoms with Crippen molar-refractivity contribution in [2.45, 2.75) is 6.42 Å². The first-order chi connectivity index (χ1) is 13.4. The molecule has 1 aliphatic heterocycles. The normalized spacial score (nSPS) is 15.6. The summed E-state index contributed by atoms with van der Waals surface area (Å²) in [6.07, 6.45) is 3.72. The second kappa shape index (κ2) is 8.35. The number of nitrogens with one attached hydrogen (secondary N) is 1. The van der Waals surface area contributed by atoms with Gasteiger partial charge in [-0.25, -0.2) is 8.42 Å². The van der Waals surface area contributed by atoms with Crippen LogP contribution < -0.4 is 19.1 Å². The fourth-order valence-electron chi connectivity index (χ4n) is 2.95. The number of anilines is 2. The predicted octanol–water partition coefficient (Wildman–Crippen LogP) is 2.90. The predicted molar refractivity (Wildman–Crippen MR) is 109 cm³/mol. The first-order valence-corrected chi connectivity index (χ1v) is 10.4. The SMILES string of the molecule is COc1ccc(NC(=O)/C=C/c2ccc(N3CCCS3(=O)=O)cc2)cc1OC. The van der Waals surface area contributed by atoms with E-state index in [4.69, 9.17) is 9.47 Å². The number of hydrogen-bond donors (Lipinski definition) is 1. The molecule has 0 spiro atoms. The second-order valence-electron chi connectivity index (χ2n) is 6.23. The highest BCUT2D eigenvalue weighted by molar-refractivity contribution is 7.93. The highest BCUT2D eigenvalue weighted by atomic mass is 32.2. The molecule has 1 heterocycles. The molecule has 0 unspecified atom stereocenters. The van der Waals surface area contributed by atoms with Gasteiger partial charge in [0.15, 0.2) is 11.5 Å². The van der Waals surface area contributed by atoms with Gasteiger partial charge in [-0.05, 0) is 42.3 Å².